The largest absolute Gasteiger partial charge is 0.480 e. The Hall–Kier alpha value is -2.36. The lowest BCUT2D eigenvalue weighted by Crippen LogP contribution is -2.47. The monoisotopic (exact) mass is 350 g/mol. The molecule has 1 heterocycles. The number of hydrogen-bond donors (Lipinski definition) is 3. The molecular formula is C14H17F3N2O5. The molecule has 0 aliphatic carbocycles. The maximum absolute atomic E-state index is 12.9. The number of amides is 1. The van der Waals surface area contributed by atoms with Gasteiger partial charge in [0.1, 0.15) is 11.7 Å². The fourth-order valence-corrected chi connectivity index (χ4v) is 1.76. The van der Waals surface area contributed by atoms with Gasteiger partial charge >= 0.3 is 18.2 Å². The summed E-state index contributed by atoms with van der Waals surface area (Å²) in [6.45, 7) is 4.54. The van der Waals surface area contributed by atoms with Crippen LogP contribution in [0.15, 0.2) is 18.3 Å². The summed E-state index contributed by atoms with van der Waals surface area (Å²) in [5, 5.41) is 21.0. The van der Waals surface area contributed by atoms with Gasteiger partial charge in [0.15, 0.2) is 6.04 Å². The molecule has 2 atom stereocenters. The van der Waals surface area contributed by atoms with E-state index in [9.17, 15) is 27.9 Å². The number of rotatable bonds is 4. The number of carbonyl (C=O) groups excluding carboxylic acids is 1. The van der Waals surface area contributed by atoms with Gasteiger partial charge < -0.3 is 20.3 Å². The van der Waals surface area contributed by atoms with E-state index in [0.717, 1.165) is 12.3 Å². The first-order valence-corrected chi connectivity index (χ1v) is 6.75. The van der Waals surface area contributed by atoms with Crippen LogP contribution in [0.3, 0.4) is 0 Å². The molecule has 10 heteroatoms. The second-order valence-corrected chi connectivity index (χ2v) is 5.84. The lowest BCUT2D eigenvalue weighted by molar-refractivity contribution is -0.145. The van der Waals surface area contributed by atoms with Crippen LogP contribution in [0.5, 0.6) is 0 Å². The number of aliphatic hydroxyl groups is 1. The van der Waals surface area contributed by atoms with Crippen molar-refractivity contribution in [2.75, 3.05) is 0 Å². The summed E-state index contributed by atoms with van der Waals surface area (Å²) in [5.41, 5.74) is -3.16. The van der Waals surface area contributed by atoms with E-state index in [0.29, 0.717) is 6.07 Å². The normalized spacial score (nSPS) is 14.6. The van der Waals surface area contributed by atoms with Crippen LogP contribution in [-0.2, 0) is 15.7 Å². The third-order valence-electron chi connectivity index (χ3n) is 2.68. The highest BCUT2D eigenvalue weighted by Gasteiger charge is 2.40. The van der Waals surface area contributed by atoms with Crippen LogP contribution in [0.4, 0.5) is 18.0 Å². The second-order valence-electron chi connectivity index (χ2n) is 5.84. The van der Waals surface area contributed by atoms with Gasteiger partial charge in [0.25, 0.3) is 0 Å². The van der Waals surface area contributed by atoms with Gasteiger partial charge in [0, 0.05) is 6.20 Å². The van der Waals surface area contributed by atoms with Crippen LogP contribution in [0.25, 0.3) is 0 Å². The number of carbonyl (C=O) groups is 2. The maximum Gasteiger partial charge on any atom is 0.418 e. The summed E-state index contributed by atoms with van der Waals surface area (Å²) < 4.78 is 43.7. The highest BCUT2D eigenvalue weighted by molar-refractivity contribution is 5.80. The van der Waals surface area contributed by atoms with Crippen LogP contribution in [-0.4, -0.2) is 38.9 Å². The predicted molar refractivity (Wildman–Crippen MR) is 75.0 cm³/mol. The fourth-order valence-electron chi connectivity index (χ4n) is 1.76. The second kappa shape index (κ2) is 7.04. The summed E-state index contributed by atoms with van der Waals surface area (Å²) >= 11 is 0. The Labute approximate surface area is 135 Å². The van der Waals surface area contributed by atoms with E-state index in [1.54, 1.807) is 0 Å². The molecule has 0 aliphatic rings. The van der Waals surface area contributed by atoms with Gasteiger partial charge in [-0.3, -0.25) is 4.98 Å². The molecule has 3 N–H and O–H groups in total. The summed E-state index contributed by atoms with van der Waals surface area (Å²) in [5.74, 6) is -1.74. The summed E-state index contributed by atoms with van der Waals surface area (Å²) in [6.07, 6.45) is -7.30. The van der Waals surface area contributed by atoms with Crippen molar-refractivity contribution < 1.29 is 37.7 Å². The van der Waals surface area contributed by atoms with E-state index >= 15 is 0 Å². The molecule has 0 saturated heterocycles. The number of ether oxygens (including phenoxy) is 1. The third kappa shape index (κ3) is 5.37. The zero-order chi connectivity index (χ0) is 18.7. The smallest absolute Gasteiger partial charge is 0.418 e. The quantitative estimate of drug-likeness (QED) is 0.767. The highest BCUT2D eigenvalue weighted by Crippen LogP contribution is 2.34. The number of nitrogens with zero attached hydrogens (tertiary/aromatic N) is 1. The van der Waals surface area contributed by atoms with Crippen LogP contribution in [0.2, 0.25) is 0 Å². The Bertz CT molecular complexity index is 613. The minimum Gasteiger partial charge on any atom is -0.480 e. The molecular weight excluding hydrogens is 333 g/mol. The molecule has 0 radical (unpaired) electrons. The Kier molecular flexibility index (Phi) is 5.77. The standard InChI is InChI=1S/C14H17F3N2O5/c1-13(2,3)24-12(23)19-9(11(21)22)10(20)8-7(14(15,16)17)5-4-6-18-8/h4-6,9-10,20H,1-3H3,(H,19,23)(H,21,22). The molecule has 2 unspecified atom stereocenters. The molecule has 1 aromatic rings. The van der Waals surface area contributed by atoms with Crippen molar-refractivity contribution in [3.8, 4) is 0 Å². The van der Waals surface area contributed by atoms with E-state index in [-0.39, 0.29) is 0 Å². The topological polar surface area (TPSA) is 109 Å². The summed E-state index contributed by atoms with van der Waals surface area (Å²) in [6, 6.07) is -0.426. The Balaban J connectivity index is 3.11. The maximum atomic E-state index is 12.9. The van der Waals surface area contributed by atoms with Crippen LogP contribution >= 0.6 is 0 Å². The van der Waals surface area contributed by atoms with E-state index in [4.69, 9.17) is 9.84 Å². The average Bonchev–Trinajstić information content (AvgIpc) is 2.41. The van der Waals surface area contributed by atoms with Gasteiger partial charge in [0.05, 0.1) is 11.3 Å². The SMILES string of the molecule is CC(C)(C)OC(=O)NC(C(=O)O)C(O)c1ncccc1C(F)(F)F. The lowest BCUT2D eigenvalue weighted by atomic mass is 10.0. The summed E-state index contributed by atoms with van der Waals surface area (Å²) in [4.78, 5) is 26.3. The van der Waals surface area contributed by atoms with Gasteiger partial charge in [0.2, 0.25) is 0 Å². The fraction of sp³-hybridized carbons (Fsp3) is 0.500. The number of aliphatic hydroxyl groups excluding tert-OH is 1. The van der Waals surface area contributed by atoms with Gasteiger partial charge in [-0.2, -0.15) is 13.2 Å². The molecule has 134 valence electrons. The zero-order valence-corrected chi connectivity index (χ0v) is 13.1. The van der Waals surface area contributed by atoms with Crippen LogP contribution < -0.4 is 5.32 Å². The van der Waals surface area contributed by atoms with Gasteiger partial charge in [-0.25, -0.2) is 9.59 Å². The molecule has 0 saturated carbocycles. The summed E-state index contributed by atoms with van der Waals surface area (Å²) in [7, 11) is 0. The number of aromatic nitrogens is 1. The minimum absolute atomic E-state index is 0.651. The van der Waals surface area contributed by atoms with E-state index < -0.39 is 47.2 Å². The van der Waals surface area contributed by atoms with Gasteiger partial charge in [-0.1, -0.05) is 0 Å². The minimum atomic E-state index is -4.85. The van der Waals surface area contributed by atoms with Crippen LogP contribution in [0.1, 0.15) is 38.1 Å². The number of alkyl carbamates (subject to hydrolysis) is 1. The van der Waals surface area contributed by atoms with E-state index in [2.05, 4.69) is 4.98 Å². The number of halogens is 3. The molecule has 7 nitrogen and oxygen atoms in total. The number of alkyl halides is 3. The third-order valence-corrected chi connectivity index (χ3v) is 2.68. The number of pyridine rings is 1. The molecule has 1 aromatic heterocycles. The Morgan fingerprint density at radius 2 is 1.88 bits per heavy atom. The number of aliphatic carboxylic acids is 1. The van der Waals surface area contributed by atoms with Crippen molar-refractivity contribution in [3.63, 3.8) is 0 Å². The highest BCUT2D eigenvalue weighted by atomic mass is 19.4. The Morgan fingerprint density at radius 3 is 2.33 bits per heavy atom. The van der Waals surface area contributed by atoms with Crippen molar-refractivity contribution in [1.29, 1.82) is 0 Å². The Morgan fingerprint density at radius 1 is 1.29 bits per heavy atom. The lowest BCUT2D eigenvalue weighted by Gasteiger charge is -2.25. The first-order chi connectivity index (χ1) is 10.8. The van der Waals surface area contributed by atoms with Gasteiger partial charge in [-0.05, 0) is 32.9 Å². The molecule has 0 fully saturated rings. The molecule has 1 amide bonds. The predicted octanol–water partition coefficient (Wildman–Crippen LogP) is 2.11. The molecule has 0 spiro atoms. The van der Waals surface area contributed by atoms with Crippen LogP contribution in [0, 0.1) is 0 Å². The first kappa shape index (κ1) is 19.7. The molecule has 0 aliphatic heterocycles. The molecule has 0 bridgehead atoms. The van der Waals surface area contributed by atoms with Crippen molar-refractivity contribution in [3.05, 3.63) is 29.6 Å². The molecule has 24 heavy (non-hydrogen) atoms. The number of carboxylic acids is 1. The van der Waals surface area contributed by atoms with Gasteiger partial charge in [-0.15, -0.1) is 0 Å². The van der Waals surface area contributed by atoms with E-state index in [1.807, 2.05) is 5.32 Å². The first-order valence-electron chi connectivity index (χ1n) is 6.75. The zero-order valence-electron chi connectivity index (χ0n) is 13.1. The number of nitrogens with one attached hydrogen (secondary N) is 1. The number of carboxylic acid groups (broad SMARTS) is 1. The molecule has 0 aromatic carbocycles. The van der Waals surface area contributed by atoms with Crippen molar-refractivity contribution in [2.24, 2.45) is 0 Å². The van der Waals surface area contributed by atoms with Crippen molar-refractivity contribution in [1.82, 2.24) is 10.3 Å². The number of hydrogen-bond acceptors (Lipinski definition) is 5. The van der Waals surface area contributed by atoms with E-state index in [1.165, 1.54) is 20.8 Å². The van der Waals surface area contributed by atoms with Crippen molar-refractivity contribution in [2.45, 2.75) is 44.7 Å². The average molecular weight is 350 g/mol. The molecule has 1 rings (SSSR count). The van der Waals surface area contributed by atoms with Crippen molar-refractivity contribution >= 4 is 12.1 Å².